The van der Waals surface area contributed by atoms with Crippen molar-refractivity contribution < 1.29 is 4.79 Å². The third kappa shape index (κ3) is 3.28. The average molecular weight is 297 g/mol. The Bertz CT molecular complexity index is 408. The van der Waals surface area contributed by atoms with E-state index in [0.717, 1.165) is 16.9 Å². The first-order chi connectivity index (χ1) is 8.16. The van der Waals surface area contributed by atoms with Crippen LogP contribution in [0.25, 0.3) is 0 Å². The second-order valence-electron chi connectivity index (χ2n) is 4.83. The number of hydrogen-bond acceptors (Lipinski definition) is 2. The molecule has 0 saturated heterocycles. The largest absolute Gasteiger partial charge is 0.350 e. The summed E-state index contributed by atoms with van der Waals surface area (Å²) in [5.74, 6) is 1.35. The zero-order valence-corrected chi connectivity index (χ0v) is 11.5. The van der Waals surface area contributed by atoms with E-state index in [2.05, 4.69) is 33.2 Å². The van der Waals surface area contributed by atoms with Crippen molar-refractivity contribution in [1.82, 2.24) is 10.3 Å². The van der Waals surface area contributed by atoms with Crippen LogP contribution in [-0.4, -0.2) is 17.4 Å². The second kappa shape index (κ2) is 5.63. The van der Waals surface area contributed by atoms with Gasteiger partial charge >= 0.3 is 0 Å². The number of rotatable bonds is 3. The fourth-order valence-electron chi connectivity index (χ4n) is 2.38. The summed E-state index contributed by atoms with van der Waals surface area (Å²) in [6.45, 7) is 3.04. The number of aromatic nitrogens is 1. The lowest BCUT2D eigenvalue weighted by atomic mass is 10.1. The molecular formula is C13H17BrN2O. The first-order valence-electron chi connectivity index (χ1n) is 6.05. The molecule has 1 aliphatic rings. The fraction of sp³-hybridized carbons (Fsp3) is 0.538. The third-order valence-electron chi connectivity index (χ3n) is 3.33. The monoisotopic (exact) mass is 296 g/mol. The van der Waals surface area contributed by atoms with Crippen molar-refractivity contribution in [2.45, 2.75) is 26.2 Å². The molecule has 2 atom stereocenters. The van der Waals surface area contributed by atoms with E-state index < -0.39 is 0 Å². The molecule has 0 spiro atoms. The maximum atomic E-state index is 11.9. The molecule has 92 valence electrons. The van der Waals surface area contributed by atoms with Gasteiger partial charge in [-0.1, -0.05) is 13.3 Å². The van der Waals surface area contributed by atoms with Gasteiger partial charge in [0.1, 0.15) is 5.69 Å². The first-order valence-corrected chi connectivity index (χ1v) is 6.85. The van der Waals surface area contributed by atoms with Crippen LogP contribution in [0.2, 0.25) is 0 Å². The van der Waals surface area contributed by atoms with Crippen LogP contribution in [0.1, 0.15) is 36.7 Å². The quantitative estimate of drug-likeness (QED) is 0.932. The van der Waals surface area contributed by atoms with Crippen molar-refractivity contribution >= 4 is 21.8 Å². The highest BCUT2D eigenvalue weighted by atomic mass is 79.9. The molecule has 4 heteroatoms. The van der Waals surface area contributed by atoms with Crippen LogP contribution in [0.15, 0.2) is 22.8 Å². The lowest BCUT2D eigenvalue weighted by Gasteiger charge is -2.11. The minimum absolute atomic E-state index is 0.0861. The van der Waals surface area contributed by atoms with Crippen molar-refractivity contribution in [3.05, 3.63) is 28.5 Å². The normalized spacial score (nSPS) is 23.6. The summed E-state index contributed by atoms with van der Waals surface area (Å²) in [7, 11) is 0. The highest BCUT2D eigenvalue weighted by molar-refractivity contribution is 9.10. The summed E-state index contributed by atoms with van der Waals surface area (Å²) in [5, 5.41) is 2.97. The van der Waals surface area contributed by atoms with Crippen molar-refractivity contribution in [2.75, 3.05) is 6.54 Å². The van der Waals surface area contributed by atoms with Crippen LogP contribution in [0.3, 0.4) is 0 Å². The van der Waals surface area contributed by atoms with E-state index in [1.165, 1.54) is 19.3 Å². The van der Waals surface area contributed by atoms with Gasteiger partial charge in [0.15, 0.2) is 0 Å². The lowest BCUT2D eigenvalue weighted by Crippen LogP contribution is -2.29. The van der Waals surface area contributed by atoms with Crippen molar-refractivity contribution in [1.29, 1.82) is 0 Å². The maximum absolute atomic E-state index is 11.9. The second-order valence-corrected chi connectivity index (χ2v) is 5.68. The molecule has 1 aliphatic carbocycles. The van der Waals surface area contributed by atoms with Gasteiger partial charge in [-0.05, 0) is 52.7 Å². The van der Waals surface area contributed by atoms with Crippen molar-refractivity contribution in [3.8, 4) is 0 Å². The lowest BCUT2D eigenvalue weighted by molar-refractivity contribution is 0.0941. The van der Waals surface area contributed by atoms with E-state index >= 15 is 0 Å². The first kappa shape index (κ1) is 12.6. The topological polar surface area (TPSA) is 42.0 Å². The predicted molar refractivity (Wildman–Crippen MR) is 70.8 cm³/mol. The molecule has 1 aromatic rings. The number of nitrogens with one attached hydrogen (secondary N) is 1. The van der Waals surface area contributed by atoms with Crippen LogP contribution in [0, 0.1) is 11.8 Å². The molecule has 1 heterocycles. The SMILES string of the molecule is CC1CCC(CNC(=O)c2ncccc2Br)C1. The van der Waals surface area contributed by atoms with Crippen LogP contribution in [0.5, 0.6) is 0 Å². The number of carbonyl (C=O) groups excluding carboxylic acids is 1. The zero-order valence-electron chi connectivity index (χ0n) is 9.95. The molecule has 1 N–H and O–H groups in total. The number of nitrogens with zero attached hydrogens (tertiary/aromatic N) is 1. The Balaban J connectivity index is 1.88. The molecule has 2 rings (SSSR count). The fourth-order valence-corrected chi connectivity index (χ4v) is 2.82. The Kier molecular flexibility index (Phi) is 4.15. The van der Waals surface area contributed by atoms with Crippen LogP contribution < -0.4 is 5.32 Å². The Morgan fingerprint density at radius 3 is 3.06 bits per heavy atom. The van der Waals surface area contributed by atoms with Gasteiger partial charge in [0, 0.05) is 17.2 Å². The Labute approximate surface area is 110 Å². The van der Waals surface area contributed by atoms with E-state index in [9.17, 15) is 4.79 Å². The van der Waals surface area contributed by atoms with Crippen LogP contribution in [0.4, 0.5) is 0 Å². The molecule has 1 fully saturated rings. The summed E-state index contributed by atoms with van der Waals surface area (Å²) in [5.41, 5.74) is 0.471. The molecule has 0 aliphatic heterocycles. The molecule has 1 aromatic heterocycles. The highest BCUT2D eigenvalue weighted by Crippen LogP contribution is 2.29. The minimum atomic E-state index is -0.0861. The van der Waals surface area contributed by atoms with Gasteiger partial charge in [0.25, 0.3) is 5.91 Å². The summed E-state index contributed by atoms with van der Waals surface area (Å²) >= 11 is 3.34. The zero-order chi connectivity index (χ0) is 12.3. The number of halogens is 1. The molecular weight excluding hydrogens is 280 g/mol. The molecule has 1 saturated carbocycles. The molecule has 0 bridgehead atoms. The summed E-state index contributed by atoms with van der Waals surface area (Å²) in [6, 6.07) is 3.64. The number of pyridine rings is 1. The van der Waals surface area contributed by atoms with E-state index in [-0.39, 0.29) is 5.91 Å². The average Bonchev–Trinajstić information content (AvgIpc) is 2.73. The summed E-state index contributed by atoms with van der Waals surface area (Å²) < 4.78 is 0.747. The van der Waals surface area contributed by atoms with Gasteiger partial charge in [-0.15, -0.1) is 0 Å². The Morgan fingerprint density at radius 1 is 1.59 bits per heavy atom. The van der Waals surface area contributed by atoms with Crippen molar-refractivity contribution in [2.24, 2.45) is 11.8 Å². The molecule has 0 aromatic carbocycles. The van der Waals surface area contributed by atoms with Gasteiger partial charge in [-0.3, -0.25) is 4.79 Å². The van der Waals surface area contributed by atoms with Gasteiger partial charge < -0.3 is 5.32 Å². The Hall–Kier alpha value is -0.900. The van der Waals surface area contributed by atoms with Gasteiger partial charge in [-0.25, -0.2) is 4.98 Å². The van der Waals surface area contributed by atoms with E-state index in [4.69, 9.17) is 0 Å². The minimum Gasteiger partial charge on any atom is -0.350 e. The smallest absolute Gasteiger partial charge is 0.271 e. The van der Waals surface area contributed by atoms with E-state index in [0.29, 0.717) is 11.6 Å². The molecule has 2 unspecified atom stereocenters. The molecule has 3 nitrogen and oxygen atoms in total. The van der Waals surface area contributed by atoms with E-state index in [1.54, 1.807) is 12.3 Å². The predicted octanol–water partition coefficient (Wildman–Crippen LogP) is 3.01. The number of amides is 1. The van der Waals surface area contributed by atoms with Crippen molar-refractivity contribution in [3.63, 3.8) is 0 Å². The molecule has 0 radical (unpaired) electrons. The third-order valence-corrected chi connectivity index (χ3v) is 3.97. The van der Waals surface area contributed by atoms with Crippen LogP contribution in [-0.2, 0) is 0 Å². The summed E-state index contributed by atoms with van der Waals surface area (Å²) in [4.78, 5) is 16.0. The van der Waals surface area contributed by atoms with Crippen LogP contribution >= 0.6 is 15.9 Å². The number of hydrogen-bond donors (Lipinski definition) is 1. The van der Waals surface area contributed by atoms with E-state index in [1.807, 2.05) is 6.07 Å². The Morgan fingerprint density at radius 2 is 2.41 bits per heavy atom. The van der Waals surface area contributed by atoms with Gasteiger partial charge in [0.05, 0.1) is 0 Å². The highest BCUT2D eigenvalue weighted by Gasteiger charge is 2.22. The molecule has 17 heavy (non-hydrogen) atoms. The van der Waals surface area contributed by atoms with Gasteiger partial charge in [0.2, 0.25) is 0 Å². The van der Waals surface area contributed by atoms with Gasteiger partial charge in [-0.2, -0.15) is 0 Å². The number of carbonyl (C=O) groups is 1. The summed E-state index contributed by atoms with van der Waals surface area (Å²) in [6.07, 6.45) is 5.37. The standard InChI is InChI=1S/C13H17BrN2O/c1-9-4-5-10(7-9)8-16-13(17)12-11(14)3-2-6-15-12/h2-3,6,9-10H,4-5,7-8H2,1H3,(H,16,17). The maximum Gasteiger partial charge on any atom is 0.271 e. The molecule has 1 amide bonds.